The summed E-state index contributed by atoms with van der Waals surface area (Å²) in [7, 11) is 0. The molecule has 2 aliphatic heterocycles. The van der Waals surface area contributed by atoms with Gasteiger partial charge in [-0.3, -0.25) is 4.90 Å². The van der Waals surface area contributed by atoms with Gasteiger partial charge in [-0.15, -0.1) is 0 Å². The smallest absolute Gasteiger partial charge is 0.180 e. The van der Waals surface area contributed by atoms with E-state index >= 15 is 0 Å². The molecule has 28 heavy (non-hydrogen) atoms. The summed E-state index contributed by atoms with van der Waals surface area (Å²) in [6.07, 6.45) is 4.43. The molecule has 2 fully saturated rings. The summed E-state index contributed by atoms with van der Waals surface area (Å²) >= 11 is 1.47. The molecule has 7 rings (SSSR count). The lowest BCUT2D eigenvalue weighted by molar-refractivity contribution is -0.172. The van der Waals surface area contributed by atoms with Crippen molar-refractivity contribution < 1.29 is 14.9 Å². The van der Waals surface area contributed by atoms with Gasteiger partial charge in [0.25, 0.3) is 0 Å². The molecule has 0 amide bonds. The highest BCUT2D eigenvalue weighted by atomic mass is 32.1. The van der Waals surface area contributed by atoms with Crippen molar-refractivity contribution in [1.82, 2.24) is 9.88 Å². The van der Waals surface area contributed by atoms with Gasteiger partial charge in [0.2, 0.25) is 0 Å². The largest absolute Gasteiger partial charge is 0.504 e. The molecule has 5 aliphatic rings. The maximum absolute atomic E-state index is 12.4. The number of rotatable bonds is 2. The van der Waals surface area contributed by atoms with Crippen molar-refractivity contribution in [2.45, 2.75) is 55.3 Å². The summed E-state index contributed by atoms with van der Waals surface area (Å²) in [5, 5.41) is 23.5. The fourth-order valence-electron chi connectivity index (χ4n) is 6.61. The Morgan fingerprint density at radius 1 is 1.36 bits per heavy atom. The second kappa shape index (κ2) is 4.83. The Morgan fingerprint density at radius 2 is 2.21 bits per heavy atom. The summed E-state index contributed by atoms with van der Waals surface area (Å²) in [6, 6.07) is 3.83. The van der Waals surface area contributed by atoms with E-state index in [-0.39, 0.29) is 17.9 Å². The SMILES string of the molecule is Nc1nc2c(s1)[C@@H]1Oc3c(O)ccc4c3[C@@]13CCN(CC1CC1)[C@@H](C4)[C@]3(O)C2. The molecule has 1 spiro atoms. The van der Waals surface area contributed by atoms with E-state index in [9.17, 15) is 10.2 Å². The van der Waals surface area contributed by atoms with E-state index in [1.807, 2.05) is 6.07 Å². The second-order valence-corrected chi connectivity index (χ2v) is 10.4. The van der Waals surface area contributed by atoms with Crippen molar-refractivity contribution in [3.63, 3.8) is 0 Å². The molecule has 1 saturated carbocycles. The van der Waals surface area contributed by atoms with Crippen LogP contribution in [0.1, 0.15) is 47.1 Å². The molecular formula is C21H23N3O3S. The van der Waals surface area contributed by atoms with E-state index < -0.39 is 11.0 Å². The average Bonchev–Trinajstić information content (AvgIpc) is 3.28. The molecule has 3 heterocycles. The number of aromatic nitrogens is 1. The lowest BCUT2D eigenvalue weighted by atomic mass is 9.49. The first-order chi connectivity index (χ1) is 13.5. The zero-order chi connectivity index (χ0) is 18.8. The molecule has 7 heteroatoms. The molecule has 2 bridgehead atoms. The van der Waals surface area contributed by atoms with Gasteiger partial charge in [0.15, 0.2) is 16.6 Å². The molecule has 4 N–H and O–H groups in total. The maximum Gasteiger partial charge on any atom is 0.180 e. The van der Waals surface area contributed by atoms with Gasteiger partial charge < -0.3 is 20.7 Å². The third kappa shape index (κ3) is 1.67. The highest BCUT2D eigenvalue weighted by Gasteiger charge is 2.73. The minimum absolute atomic E-state index is 0.0482. The number of hydrogen-bond donors (Lipinski definition) is 3. The van der Waals surface area contributed by atoms with Crippen LogP contribution in [-0.2, 0) is 18.3 Å². The van der Waals surface area contributed by atoms with Crippen LogP contribution in [0.4, 0.5) is 5.13 Å². The topological polar surface area (TPSA) is 91.8 Å². The summed E-state index contributed by atoms with van der Waals surface area (Å²) < 4.78 is 6.43. The number of nitrogens with zero attached hydrogens (tertiary/aromatic N) is 2. The number of likely N-dealkylation sites (tertiary alicyclic amines) is 1. The van der Waals surface area contributed by atoms with Crippen LogP contribution in [-0.4, -0.2) is 44.8 Å². The predicted molar refractivity (Wildman–Crippen MR) is 105 cm³/mol. The minimum Gasteiger partial charge on any atom is -0.504 e. The van der Waals surface area contributed by atoms with E-state index in [0.717, 1.165) is 48.0 Å². The van der Waals surface area contributed by atoms with E-state index in [2.05, 4.69) is 9.88 Å². The maximum atomic E-state index is 12.4. The molecule has 1 saturated heterocycles. The Labute approximate surface area is 167 Å². The van der Waals surface area contributed by atoms with Crippen molar-refractivity contribution in [2.24, 2.45) is 5.92 Å². The van der Waals surface area contributed by atoms with Crippen LogP contribution < -0.4 is 10.5 Å². The van der Waals surface area contributed by atoms with E-state index in [4.69, 9.17) is 10.5 Å². The van der Waals surface area contributed by atoms with Crippen LogP contribution in [0.2, 0.25) is 0 Å². The first kappa shape index (κ1) is 16.0. The van der Waals surface area contributed by atoms with Crippen molar-refractivity contribution in [3.05, 3.63) is 33.8 Å². The van der Waals surface area contributed by atoms with Gasteiger partial charge in [-0.2, -0.15) is 0 Å². The first-order valence-corrected chi connectivity index (χ1v) is 11.1. The summed E-state index contributed by atoms with van der Waals surface area (Å²) in [5.74, 6) is 1.51. The summed E-state index contributed by atoms with van der Waals surface area (Å²) in [4.78, 5) is 8.11. The molecule has 2 aromatic rings. The van der Waals surface area contributed by atoms with Crippen LogP contribution in [0.5, 0.6) is 11.5 Å². The van der Waals surface area contributed by atoms with Gasteiger partial charge in [-0.05, 0) is 49.8 Å². The molecule has 1 aromatic carbocycles. The normalized spacial score (nSPS) is 37.3. The number of phenols is 1. The second-order valence-electron chi connectivity index (χ2n) is 9.29. The number of anilines is 1. The Morgan fingerprint density at radius 3 is 3.04 bits per heavy atom. The molecule has 0 radical (unpaired) electrons. The Balaban J connectivity index is 1.50. The van der Waals surface area contributed by atoms with Crippen LogP contribution in [0, 0.1) is 5.92 Å². The average molecular weight is 398 g/mol. The van der Waals surface area contributed by atoms with Gasteiger partial charge in [-0.25, -0.2) is 4.98 Å². The molecule has 6 nitrogen and oxygen atoms in total. The number of aliphatic hydroxyl groups is 1. The quantitative estimate of drug-likeness (QED) is 0.719. The van der Waals surface area contributed by atoms with E-state index in [0.29, 0.717) is 17.3 Å². The highest BCUT2D eigenvalue weighted by Crippen LogP contribution is 2.69. The monoisotopic (exact) mass is 397 g/mol. The Kier molecular flexibility index (Phi) is 2.76. The first-order valence-electron chi connectivity index (χ1n) is 10.2. The lowest BCUT2D eigenvalue weighted by Crippen LogP contribution is -2.74. The van der Waals surface area contributed by atoms with Gasteiger partial charge >= 0.3 is 0 Å². The third-order valence-electron chi connectivity index (χ3n) is 7.93. The van der Waals surface area contributed by atoms with Crippen molar-refractivity contribution in [1.29, 1.82) is 0 Å². The number of benzene rings is 1. The molecule has 1 aromatic heterocycles. The molecule has 0 unspecified atom stereocenters. The van der Waals surface area contributed by atoms with Gasteiger partial charge in [0.1, 0.15) is 6.10 Å². The van der Waals surface area contributed by atoms with Crippen LogP contribution in [0.15, 0.2) is 12.1 Å². The zero-order valence-electron chi connectivity index (χ0n) is 15.5. The predicted octanol–water partition coefficient (Wildman–Crippen LogP) is 2.13. The lowest BCUT2D eigenvalue weighted by Gasteiger charge is -2.62. The zero-order valence-corrected chi connectivity index (χ0v) is 16.3. The number of nitrogens with two attached hydrogens (primary N) is 1. The van der Waals surface area contributed by atoms with Crippen LogP contribution in [0.3, 0.4) is 0 Å². The highest BCUT2D eigenvalue weighted by molar-refractivity contribution is 7.15. The number of phenolic OH excluding ortho intramolecular Hbond substituents is 1. The van der Waals surface area contributed by atoms with Crippen LogP contribution >= 0.6 is 11.3 Å². The Bertz CT molecular complexity index is 1030. The number of aromatic hydroxyl groups is 1. The standard InChI is InChI=1S/C21H23N3O3S/c22-19-23-12-8-21(26)14-7-11-3-4-13(25)16-15(11)20(21,18(27-16)17(12)28-19)5-6-24(14)9-10-1-2-10/h3-4,10,14,18,25-26H,1-2,5-9H2,(H2,22,23)/t14-,18-,20-,21+/m0/s1. The molecule has 146 valence electrons. The molecule has 4 atom stereocenters. The van der Waals surface area contributed by atoms with Crippen molar-refractivity contribution >= 4 is 16.5 Å². The van der Waals surface area contributed by atoms with Crippen LogP contribution in [0.25, 0.3) is 0 Å². The van der Waals surface area contributed by atoms with Crippen molar-refractivity contribution in [2.75, 3.05) is 18.8 Å². The number of thiazole rings is 1. The minimum atomic E-state index is -0.954. The van der Waals surface area contributed by atoms with E-state index in [1.165, 1.54) is 29.7 Å². The fraction of sp³-hybridized carbons (Fsp3) is 0.571. The number of nitrogen functional groups attached to an aromatic ring is 1. The van der Waals surface area contributed by atoms with E-state index in [1.54, 1.807) is 6.07 Å². The van der Waals surface area contributed by atoms with Gasteiger partial charge in [0.05, 0.1) is 21.6 Å². The third-order valence-corrected chi connectivity index (χ3v) is 8.90. The number of fused-ring (bicyclic) bond motifs is 2. The summed E-state index contributed by atoms with van der Waals surface area (Å²) in [6.45, 7) is 2.03. The van der Waals surface area contributed by atoms with Gasteiger partial charge in [-0.1, -0.05) is 17.4 Å². The number of piperidine rings is 1. The van der Waals surface area contributed by atoms with Gasteiger partial charge in [0, 0.05) is 24.6 Å². The Hall–Kier alpha value is -1.83. The fourth-order valence-corrected chi connectivity index (χ4v) is 7.58. The number of ether oxygens (including phenoxy) is 1. The van der Waals surface area contributed by atoms with Crippen molar-refractivity contribution in [3.8, 4) is 11.5 Å². The molecular weight excluding hydrogens is 374 g/mol. The number of hydrogen-bond acceptors (Lipinski definition) is 7. The molecule has 3 aliphatic carbocycles. The summed E-state index contributed by atoms with van der Waals surface area (Å²) in [5.41, 5.74) is 7.72.